The van der Waals surface area contributed by atoms with Crippen LogP contribution in [0.2, 0.25) is 0 Å². The number of likely N-dealkylation sites (N-methyl/N-ethyl adjacent to an activating group) is 1. The Balaban J connectivity index is 1.47. The molecule has 3 nitrogen and oxygen atoms in total. The molecule has 0 spiro atoms. The largest absolute Gasteiger partial charge is 0.421 e. The van der Waals surface area contributed by atoms with Gasteiger partial charge in [-0.05, 0) is 44.8 Å². The van der Waals surface area contributed by atoms with Gasteiger partial charge < -0.3 is 14.6 Å². The number of hydrogen-bond donors (Lipinski definition) is 0. The molecule has 3 saturated heterocycles. The Kier molecular flexibility index (Phi) is 4.22. The first-order valence-corrected chi connectivity index (χ1v) is 9.26. The van der Waals surface area contributed by atoms with Crippen LogP contribution in [0.4, 0.5) is 0 Å². The third-order valence-electron chi connectivity index (χ3n) is 5.30. The van der Waals surface area contributed by atoms with Crippen molar-refractivity contribution in [1.82, 2.24) is 14.1 Å². The Bertz CT molecular complexity index is 377. The van der Waals surface area contributed by atoms with E-state index in [0.717, 1.165) is 18.0 Å². The molecule has 0 aromatic carbocycles. The second-order valence-corrected chi connectivity index (χ2v) is 7.86. The molecule has 0 saturated carbocycles. The third-order valence-corrected chi connectivity index (χ3v) is 6.40. The van der Waals surface area contributed by atoms with E-state index in [2.05, 4.69) is 32.8 Å². The molecule has 0 aliphatic carbocycles. The van der Waals surface area contributed by atoms with Crippen LogP contribution in [-0.2, 0) is 10.3 Å². The Morgan fingerprint density at radius 1 is 1.05 bits per heavy atom. The highest BCUT2D eigenvalue weighted by Gasteiger charge is 2.42. The van der Waals surface area contributed by atoms with Crippen LogP contribution in [-0.4, -0.2) is 77.2 Å². The Hall–Kier alpha value is -0.0300. The topological polar surface area (TPSA) is 9.72 Å². The highest BCUT2D eigenvalue weighted by Crippen LogP contribution is 2.32. The lowest BCUT2D eigenvalue weighted by Gasteiger charge is -2.41. The maximum atomic E-state index is 4.07. The summed E-state index contributed by atoms with van der Waals surface area (Å²) in [6.07, 6.45) is 4.12. The molecule has 3 heterocycles. The molecule has 3 aliphatic heterocycles. The van der Waals surface area contributed by atoms with Crippen LogP contribution in [0.3, 0.4) is 0 Å². The van der Waals surface area contributed by atoms with Gasteiger partial charge in [-0.15, -0.1) is 0 Å². The Morgan fingerprint density at radius 3 is 2.21 bits per heavy atom. The minimum absolute atomic E-state index is 0.0154. The molecule has 3 aliphatic rings. The molecule has 0 N–H and O–H groups in total. The molecular formula is C15H28N3S-. The van der Waals surface area contributed by atoms with Crippen LogP contribution in [0.25, 0.3) is 0 Å². The van der Waals surface area contributed by atoms with Gasteiger partial charge in [0, 0.05) is 31.7 Å². The van der Waals surface area contributed by atoms with Gasteiger partial charge in [0.2, 0.25) is 0 Å². The summed E-state index contributed by atoms with van der Waals surface area (Å²) in [5.41, 5.74) is 0. The molecule has 3 fully saturated rings. The summed E-state index contributed by atoms with van der Waals surface area (Å²) in [6.45, 7) is 9.95. The number of likely N-dealkylation sites (tertiary alicyclic amines) is 2. The zero-order valence-electron chi connectivity index (χ0n) is 12.3. The number of rotatable bonds is 4. The minimum Gasteiger partial charge on any atom is -0.421 e. The van der Waals surface area contributed by atoms with E-state index in [1.807, 2.05) is 0 Å². The van der Waals surface area contributed by atoms with Crippen molar-refractivity contribution in [2.75, 3.05) is 39.3 Å². The normalized spacial score (nSPS) is 34.6. The van der Waals surface area contributed by atoms with Gasteiger partial charge in [-0.25, -0.2) is 11.7 Å². The third kappa shape index (κ3) is 2.87. The van der Waals surface area contributed by atoms with Gasteiger partial charge in [-0.3, -0.25) is 9.80 Å². The van der Waals surface area contributed by atoms with Crippen molar-refractivity contribution in [1.29, 1.82) is 0 Å². The van der Waals surface area contributed by atoms with Gasteiger partial charge >= 0.3 is 0 Å². The van der Waals surface area contributed by atoms with Crippen molar-refractivity contribution in [2.45, 2.75) is 38.3 Å². The van der Waals surface area contributed by atoms with Gasteiger partial charge in [-0.1, -0.05) is 6.92 Å². The molecule has 2 bridgehead atoms. The molecule has 3 rings (SSSR count). The second-order valence-electron chi connectivity index (χ2n) is 6.42. The Labute approximate surface area is 120 Å². The van der Waals surface area contributed by atoms with Gasteiger partial charge in [-0.2, -0.15) is 0 Å². The molecule has 0 radical (unpaired) electrons. The van der Waals surface area contributed by atoms with E-state index >= 15 is 0 Å². The smallest absolute Gasteiger partial charge is 0.0239 e. The van der Waals surface area contributed by atoms with E-state index in [9.17, 15) is 0 Å². The fourth-order valence-corrected chi connectivity index (χ4v) is 4.85. The average Bonchev–Trinajstić information content (AvgIpc) is 2.98. The molecular weight excluding hydrogens is 254 g/mol. The summed E-state index contributed by atoms with van der Waals surface area (Å²) in [7, 11) is -0.0154. The first kappa shape index (κ1) is 13.9. The standard InChI is InChI=1S/C15H28N3S/c1-4-16-11-15-9-14(16)12-17(15)10-13-5-7-18(8-6-13)19(2)3/h13-15H,2-12H2,1H3/q-1. The molecule has 2 atom stereocenters. The molecule has 0 amide bonds. The molecule has 0 aromatic rings. The second kappa shape index (κ2) is 5.76. The monoisotopic (exact) mass is 282 g/mol. The summed E-state index contributed by atoms with van der Waals surface area (Å²) in [5.74, 6) is 9.04. The van der Waals surface area contributed by atoms with Crippen LogP contribution < -0.4 is 0 Å². The number of piperidine rings is 1. The lowest BCUT2D eigenvalue weighted by molar-refractivity contribution is 0.106. The highest BCUT2D eigenvalue weighted by atomic mass is 32.2. The SMILES string of the molecule is C=[S-](=C)N1CCC(CN2CC3CC2CN3CC)CC1. The zero-order valence-corrected chi connectivity index (χ0v) is 13.1. The molecule has 110 valence electrons. The van der Waals surface area contributed by atoms with Crippen LogP contribution in [0.15, 0.2) is 0 Å². The van der Waals surface area contributed by atoms with Crippen molar-refractivity contribution in [3.05, 3.63) is 0 Å². The zero-order chi connectivity index (χ0) is 13.4. The lowest BCUT2D eigenvalue weighted by atomic mass is 9.97. The van der Waals surface area contributed by atoms with E-state index in [0.29, 0.717) is 0 Å². The van der Waals surface area contributed by atoms with E-state index in [4.69, 9.17) is 0 Å². The summed E-state index contributed by atoms with van der Waals surface area (Å²) in [6, 6.07) is 1.72. The number of fused-ring (bicyclic) bond motifs is 2. The van der Waals surface area contributed by atoms with Crippen molar-refractivity contribution in [3.63, 3.8) is 0 Å². The van der Waals surface area contributed by atoms with Crippen LogP contribution in [0.1, 0.15) is 26.2 Å². The first-order chi connectivity index (χ1) is 9.17. The lowest BCUT2D eigenvalue weighted by Crippen LogP contribution is -2.48. The van der Waals surface area contributed by atoms with Crippen molar-refractivity contribution in [3.8, 4) is 0 Å². The Morgan fingerprint density at radius 2 is 1.68 bits per heavy atom. The summed E-state index contributed by atoms with van der Waals surface area (Å²) in [5, 5.41) is 0. The van der Waals surface area contributed by atoms with Crippen LogP contribution in [0.5, 0.6) is 0 Å². The fraction of sp³-hybridized carbons (Fsp3) is 0.867. The minimum atomic E-state index is -0.0154. The van der Waals surface area contributed by atoms with Gasteiger partial charge in [0.05, 0.1) is 0 Å². The van der Waals surface area contributed by atoms with Crippen LogP contribution >= 0.6 is 0 Å². The number of piperazine rings is 1. The maximum Gasteiger partial charge on any atom is 0.0239 e. The predicted octanol–water partition coefficient (Wildman–Crippen LogP) is 0.874. The summed E-state index contributed by atoms with van der Waals surface area (Å²) >= 11 is 0. The highest BCUT2D eigenvalue weighted by molar-refractivity contribution is 7.89. The quantitative estimate of drug-likeness (QED) is 0.560. The molecule has 19 heavy (non-hydrogen) atoms. The predicted molar refractivity (Wildman–Crippen MR) is 86.9 cm³/mol. The molecule has 4 heteroatoms. The first-order valence-electron chi connectivity index (χ1n) is 7.74. The van der Waals surface area contributed by atoms with E-state index in [-0.39, 0.29) is 10.3 Å². The fourth-order valence-electron chi connectivity index (χ4n) is 4.12. The van der Waals surface area contributed by atoms with Crippen LogP contribution in [0, 0.1) is 5.92 Å². The maximum absolute atomic E-state index is 4.07. The van der Waals surface area contributed by atoms with Crippen molar-refractivity contribution in [2.24, 2.45) is 5.92 Å². The summed E-state index contributed by atoms with van der Waals surface area (Å²) < 4.78 is 2.45. The average molecular weight is 282 g/mol. The van der Waals surface area contributed by atoms with Gasteiger partial charge in [0.15, 0.2) is 0 Å². The summed E-state index contributed by atoms with van der Waals surface area (Å²) in [4.78, 5) is 5.45. The van der Waals surface area contributed by atoms with Gasteiger partial charge in [0.25, 0.3) is 0 Å². The van der Waals surface area contributed by atoms with E-state index in [1.165, 1.54) is 58.5 Å². The van der Waals surface area contributed by atoms with Crippen molar-refractivity contribution >= 4 is 22.0 Å². The van der Waals surface area contributed by atoms with Crippen molar-refractivity contribution < 1.29 is 0 Å². The molecule has 2 unspecified atom stereocenters. The number of hydrogen-bond acceptors (Lipinski definition) is 4. The van der Waals surface area contributed by atoms with Gasteiger partial charge in [0.1, 0.15) is 0 Å². The van der Waals surface area contributed by atoms with E-state index < -0.39 is 0 Å². The number of nitrogens with zero attached hydrogens (tertiary/aromatic N) is 3. The van der Waals surface area contributed by atoms with E-state index in [1.54, 1.807) is 0 Å². The molecule has 0 aromatic heterocycles.